The van der Waals surface area contributed by atoms with Crippen molar-refractivity contribution in [3.63, 3.8) is 0 Å². The smallest absolute Gasteiger partial charge is 0.314 e. The number of nitrogens with zero attached hydrogens (tertiary/aromatic N) is 1. The van der Waals surface area contributed by atoms with E-state index in [9.17, 15) is 9.59 Å². The van der Waals surface area contributed by atoms with E-state index in [4.69, 9.17) is 0 Å². The minimum atomic E-state index is -0.221. The van der Waals surface area contributed by atoms with E-state index in [1.807, 2.05) is 26.0 Å². The van der Waals surface area contributed by atoms with Gasteiger partial charge in [0.1, 0.15) is 0 Å². The third kappa shape index (κ3) is 6.16. The Labute approximate surface area is 133 Å². The number of nitrogens with one attached hydrogen (secondary N) is 2. The molecule has 0 radical (unpaired) electrons. The van der Waals surface area contributed by atoms with Gasteiger partial charge in [-0.1, -0.05) is 24.3 Å². The van der Waals surface area contributed by atoms with Crippen LogP contribution in [0.3, 0.4) is 0 Å². The first-order chi connectivity index (χ1) is 10.6. The summed E-state index contributed by atoms with van der Waals surface area (Å²) >= 11 is 0. The van der Waals surface area contributed by atoms with E-state index in [2.05, 4.69) is 29.7 Å². The molecule has 1 rings (SSSR count). The molecule has 0 spiro atoms. The molecule has 0 saturated heterocycles. The van der Waals surface area contributed by atoms with Gasteiger partial charge >= 0.3 is 6.03 Å². The fraction of sp³-hybridized carbons (Fsp3) is 0.529. The molecule has 2 N–H and O–H groups in total. The second-order valence-electron chi connectivity index (χ2n) is 5.18. The van der Waals surface area contributed by atoms with E-state index in [1.54, 1.807) is 4.90 Å². The second-order valence-corrected chi connectivity index (χ2v) is 5.18. The molecule has 0 fully saturated rings. The topological polar surface area (TPSA) is 61.4 Å². The molecule has 0 atom stereocenters. The summed E-state index contributed by atoms with van der Waals surface area (Å²) in [7, 11) is 0. The van der Waals surface area contributed by atoms with Crippen molar-refractivity contribution in [2.24, 2.45) is 0 Å². The Morgan fingerprint density at radius 1 is 1.05 bits per heavy atom. The average Bonchev–Trinajstić information content (AvgIpc) is 2.50. The molecule has 1 aromatic rings. The molecule has 22 heavy (non-hydrogen) atoms. The Bertz CT molecular complexity index is 485. The lowest BCUT2D eigenvalue weighted by molar-refractivity contribution is -0.130. The van der Waals surface area contributed by atoms with Crippen molar-refractivity contribution >= 4 is 11.9 Å². The van der Waals surface area contributed by atoms with Crippen LogP contribution < -0.4 is 10.6 Å². The van der Waals surface area contributed by atoms with Crippen molar-refractivity contribution < 1.29 is 9.59 Å². The average molecular weight is 305 g/mol. The van der Waals surface area contributed by atoms with Crippen molar-refractivity contribution in [3.8, 4) is 0 Å². The molecule has 122 valence electrons. The van der Waals surface area contributed by atoms with Crippen LogP contribution in [0.1, 0.15) is 31.4 Å². The summed E-state index contributed by atoms with van der Waals surface area (Å²) in [6.45, 7) is 8.33. The van der Waals surface area contributed by atoms with Gasteiger partial charge in [-0.25, -0.2) is 4.79 Å². The SMILES string of the molecule is CCN(CC)C(=O)CCNC(=O)NCCc1ccccc1C. The number of hydrogen-bond donors (Lipinski definition) is 2. The van der Waals surface area contributed by atoms with Gasteiger partial charge in [0, 0.05) is 32.6 Å². The molecular weight excluding hydrogens is 278 g/mol. The Hall–Kier alpha value is -2.04. The molecule has 0 aliphatic rings. The molecular formula is C17H27N3O2. The van der Waals surface area contributed by atoms with Crippen molar-refractivity contribution in [1.82, 2.24) is 15.5 Å². The van der Waals surface area contributed by atoms with Crippen LogP contribution in [-0.4, -0.2) is 43.0 Å². The van der Waals surface area contributed by atoms with Crippen LogP contribution >= 0.6 is 0 Å². The van der Waals surface area contributed by atoms with Gasteiger partial charge in [0.15, 0.2) is 0 Å². The van der Waals surface area contributed by atoms with Crippen LogP contribution in [0.4, 0.5) is 4.79 Å². The van der Waals surface area contributed by atoms with Gasteiger partial charge in [0.05, 0.1) is 0 Å². The van der Waals surface area contributed by atoms with E-state index < -0.39 is 0 Å². The van der Waals surface area contributed by atoms with E-state index in [-0.39, 0.29) is 11.9 Å². The molecule has 3 amide bonds. The molecule has 5 nitrogen and oxygen atoms in total. The van der Waals surface area contributed by atoms with Gasteiger partial charge in [-0.2, -0.15) is 0 Å². The van der Waals surface area contributed by atoms with Crippen LogP contribution in [0.5, 0.6) is 0 Å². The number of hydrogen-bond acceptors (Lipinski definition) is 2. The number of carbonyl (C=O) groups excluding carboxylic acids is 2. The summed E-state index contributed by atoms with van der Waals surface area (Å²) in [5.74, 6) is 0.0743. The summed E-state index contributed by atoms with van der Waals surface area (Å²) in [5.41, 5.74) is 2.47. The molecule has 1 aromatic carbocycles. The van der Waals surface area contributed by atoms with Crippen LogP contribution in [0.15, 0.2) is 24.3 Å². The monoisotopic (exact) mass is 305 g/mol. The summed E-state index contributed by atoms with van der Waals surface area (Å²) in [6.07, 6.45) is 1.14. The van der Waals surface area contributed by atoms with E-state index in [0.717, 1.165) is 6.42 Å². The number of amides is 3. The van der Waals surface area contributed by atoms with Crippen molar-refractivity contribution in [3.05, 3.63) is 35.4 Å². The van der Waals surface area contributed by atoms with E-state index in [0.29, 0.717) is 32.6 Å². The summed E-state index contributed by atoms with van der Waals surface area (Å²) in [6, 6.07) is 7.92. The lowest BCUT2D eigenvalue weighted by Gasteiger charge is -2.18. The molecule has 0 unspecified atom stereocenters. The predicted molar refractivity (Wildman–Crippen MR) is 88.8 cm³/mol. The molecule has 0 saturated carbocycles. The molecule has 0 aliphatic carbocycles. The van der Waals surface area contributed by atoms with Crippen molar-refractivity contribution in [1.29, 1.82) is 0 Å². The zero-order valence-corrected chi connectivity index (χ0v) is 13.8. The number of carbonyl (C=O) groups is 2. The first-order valence-electron chi connectivity index (χ1n) is 7.92. The lowest BCUT2D eigenvalue weighted by Crippen LogP contribution is -2.39. The van der Waals surface area contributed by atoms with Gasteiger partial charge in [-0.3, -0.25) is 4.79 Å². The summed E-state index contributed by atoms with van der Waals surface area (Å²) < 4.78 is 0. The van der Waals surface area contributed by atoms with E-state index >= 15 is 0 Å². The molecule has 5 heteroatoms. The first kappa shape index (κ1) is 18.0. The number of benzene rings is 1. The van der Waals surface area contributed by atoms with Gasteiger partial charge in [0.25, 0.3) is 0 Å². The number of rotatable bonds is 8. The maximum absolute atomic E-state index is 11.8. The van der Waals surface area contributed by atoms with Crippen LogP contribution in [0, 0.1) is 6.92 Å². The second kappa shape index (κ2) is 9.82. The van der Waals surface area contributed by atoms with Crippen molar-refractivity contribution in [2.45, 2.75) is 33.6 Å². The highest BCUT2D eigenvalue weighted by atomic mass is 16.2. The largest absolute Gasteiger partial charge is 0.343 e. The molecule has 0 heterocycles. The zero-order valence-electron chi connectivity index (χ0n) is 13.8. The number of aryl methyl sites for hydroxylation is 1. The third-order valence-electron chi connectivity index (χ3n) is 3.68. The van der Waals surface area contributed by atoms with Gasteiger partial charge < -0.3 is 15.5 Å². The highest BCUT2D eigenvalue weighted by Gasteiger charge is 2.09. The zero-order chi connectivity index (χ0) is 16.4. The summed E-state index contributed by atoms with van der Waals surface area (Å²) in [4.78, 5) is 25.2. The van der Waals surface area contributed by atoms with Gasteiger partial charge in [-0.05, 0) is 38.3 Å². The molecule has 0 aliphatic heterocycles. The fourth-order valence-electron chi connectivity index (χ4n) is 2.28. The highest BCUT2D eigenvalue weighted by molar-refractivity contribution is 5.78. The minimum Gasteiger partial charge on any atom is -0.343 e. The Balaban J connectivity index is 2.19. The Morgan fingerprint density at radius 3 is 2.32 bits per heavy atom. The maximum atomic E-state index is 11.8. The quantitative estimate of drug-likeness (QED) is 0.772. The first-order valence-corrected chi connectivity index (χ1v) is 7.92. The van der Waals surface area contributed by atoms with Crippen molar-refractivity contribution in [2.75, 3.05) is 26.2 Å². The highest BCUT2D eigenvalue weighted by Crippen LogP contribution is 2.06. The van der Waals surface area contributed by atoms with Crippen LogP contribution in [0.2, 0.25) is 0 Å². The molecule has 0 bridgehead atoms. The summed E-state index contributed by atoms with van der Waals surface area (Å²) in [5, 5.41) is 5.53. The third-order valence-corrected chi connectivity index (χ3v) is 3.68. The minimum absolute atomic E-state index is 0.0743. The Kier molecular flexibility index (Phi) is 8.04. The van der Waals surface area contributed by atoms with Gasteiger partial charge in [-0.15, -0.1) is 0 Å². The Morgan fingerprint density at radius 2 is 1.68 bits per heavy atom. The van der Waals surface area contributed by atoms with Crippen LogP contribution in [0.25, 0.3) is 0 Å². The maximum Gasteiger partial charge on any atom is 0.314 e. The number of urea groups is 1. The van der Waals surface area contributed by atoms with E-state index in [1.165, 1.54) is 11.1 Å². The van der Waals surface area contributed by atoms with Crippen LogP contribution in [-0.2, 0) is 11.2 Å². The van der Waals surface area contributed by atoms with Gasteiger partial charge in [0.2, 0.25) is 5.91 Å². The fourth-order valence-corrected chi connectivity index (χ4v) is 2.28. The molecule has 0 aromatic heterocycles. The normalized spacial score (nSPS) is 10.1. The lowest BCUT2D eigenvalue weighted by atomic mass is 10.1. The standard InChI is InChI=1S/C17H27N3O2/c1-4-20(5-2)16(21)11-13-19-17(22)18-12-10-15-9-7-6-8-14(15)3/h6-9H,4-5,10-13H2,1-3H3,(H2,18,19,22). The predicted octanol–water partition coefficient (Wildman–Crippen LogP) is 2.10.